The summed E-state index contributed by atoms with van der Waals surface area (Å²) in [4.78, 5) is 0. The zero-order valence-corrected chi connectivity index (χ0v) is 10.7. The molecule has 16 heavy (non-hydrogen) atoms. The summed E-state index contributed by atoms with van der Waals surface area (Å²) in [6, 6.07) is 3.75. The van der Waals surface area contributed by atoms with Crippen LogP contribution in [-0.4, -0.2) is 24.7 Å². The van der Waals surface area contributed by atoms with E-state index in [4.69, 9.17) is 11.6 Å². The first-order valence-electron chi connectivity index (χ1n) is 5.11. The second-order valence-corrected chi connectivity index (χ2v) is 4.31. The summed E-state index contributed by atoms with van der Waals surface area (Å²) in [7, 11) is 0. The summed E-state index contributed by atoms with van der Waals surface area (Å²) in [6.07, 6.45) is 0. The van der Waals surface area contributed by atoms with Gasteiger partial charge in [-0.15, -0.1) is 12.4 Å². The van der Waals surface area contributed by atoms with Crippen LogP contribution in [-0.2, 0) is 0 Å². The lowest BCUT2D eigenvalue weighted by Gasteiger charge is -2.26. The Morgan fingerprint density at radius 1 is 1.38 bits per heavy atom. The van der Waals surface area contributed by atoms with Crippen LogP contribution in [0.15, 0.2) is 12.1 Å². The zero-order chi connectivity index (χ0) is 10.8. The van der Waals surface area contributed by atoms with Crippen LogP contribution in [0.1, 0.15) is 17.2 Å². The lowest BCUT2D eigenvalue weighted by atomic mass is 10.0. The molecular weight excluding hydrogens is 247 g/mol. The molecule has 1 fully saturated rings. The zero-order valence-electron chi connectivity index (χ0n) is 9.09. The first kappa shape index (κ1) is 13.6. The van der Waals surface area contributed by atoms with Crippen LogP contribution >= 0.6 is 24.0 Å². The van der Waals surface area contributed by atoms with Crippen LogP contribution in [0.2, 0.25) is 5.02 Å². The summed E-state index contributed by atoms with van der Waals surface area (Å²) < 4.78 is 0. The molecule has 1 aliphatic heterocycles. The molecule has 5 heteroatoms. The Bertz CT molecular complexity index is 365. The third kappa shape index (κ3) is 2.80. The number of aryl methyl sites for hydroxylation is 1. The van der Waals surface area contributed by atoms with Gasteiger partial charge < -0.3 is 15.7 Å². The first-order chi connectivity index (χ1) is 7.18. The predicted octanol–water partition coefficient (Wildman–Crippen LogP) is 2.01. The number of aromatic hydroxyl groups is 1. The van der Waals surface area contributed by atoms with Crippen molar-refractivity contribution in [1.82, 2.24) is 10.6 Å². The van der Waals surface area contributed by atoms with Gasteiger partial charge in [0.25, 0.3) is 0 Å². The second kappa shape index (κ2) is 5.73. The van der Waals surface area contributed by atoms with Crippen LogP contribution in [0.5, 0.6) is 5.75 Å². The van der Waals surface area contributed by atoms with Crippen molar-refractivity contribution in [2.45, 2.75) is 13.0 Å². The molecular formula is C11H16Cl2N2O. The highest BCUT2D eigenvalue weighted by atomic mass is 35.5. The smallest absolute Gasteiger partial charge is 0.123 e. The molecule has 0 unspecified atom stereocenters. The number of nitrogens with one attached hydrogen (secondary N) is 2. The van der Waals surface area contributed by atoms with Crippen molar-refractivity contribution in [3.05, 3.63) is 28.3 Å². The minimum Gasteiger partial charge on any atom is -0.507 e. The molecule has 1 atom stereocenters. The molecule has 0 bridgehead atoms. The molecule has 1 aliphatic rings. The average Bonchev–Trinajstić information content (AvgIpc) is 2.24. The fraction of sp³-hybridized carbons (Fsp3) is 0.455. The van der Waals surface area contributed by atoms with Crippen molar-refractivity contribution in [1.29, 1.82) is 0 Å². The highest BCUT2D eigenvalue weighted by Gasteiger charge is 2.19. The third-order valence-corrected chi connectivity index (χ3v) is 2.93. The fourth-order valence-electron chi connectivity index (χ4n) is 1.90. The number of hydrogen-bond donors (Lipinski definition) is 3. The van der Waals surface area contributed by atoms with E-state index in [0.717, 1.165) is 30.8 Å². The van der Waals surface area contributed by atoms with Gasteiger partial charge >= 0.3 is 0 Å². The fourth-order valence-corrected chi connectivity index (χ4v) is 2.18. The number of hydrogen-bond acceptors (Lipinski definition) is 3. The molecule has 3 nitrogen and oxygen atoms in total. The molecule has 2 rings (SSSR count). The van der Waals surface area contributed by atoms with Gasteiger partial charge in [-0.3, -0.25) is 0 Å². The maximum atomic E-state index is 9.95. The van der Waals surface area contributed by atoms with E-state index in [9.17, 15) is 5.11 Å². The van der Waals surface area contributed by atoms with Gasteiger partial charge in [0.05, 0.1) is 0 Å². The number of halogens is 2. The van der Waals surface area contributed by atoms with Crippen molar-refractivity contribution in [2.24, 2.45) is 0 Å². The van der Waals surface area contributed by atoms with E-state index in [-0.39, 0.29) is 18.4 Å². The number of phenols is 1. The Morgan fingerprint density at radius 2 is 2.12 bits per heavy atom. The standard InChI is InChI=1S/C11H15ClN2O.ClH/c1-7-4-8(12)5-9(11(7)15)10-6-13-2-3-14-10;/h4-5,10,13-15H,2-3,6H2,1H3;1H/t10-;/m0./s1. The average molecular weight is 263 g/mol. The second-order valence-electron chi connectivity index (χ2n) is 3.87. The summed E-state index contributed by atoms with van der Waals surface area (Å²) in [5.41, 5.74) is 1.71. The summed E-state index contributed by atoms with van der Waals surface area (Å²) >= 11 is 5.98. The molecule has 0 aromatic heterocycles. The maximum Gasteiger partial charge on any atom is 0.123 e. The summed E-state index contributed by atoms with van der Waals surface area (Å²) in [5, 5.41) is 17.3. The minimum atomic E-state index is 0. The Kier molecular flexibility index (Phi) is 4.87. The molecule has 90 valence electrons. The predicted molar refractivity (Wildman–Crippen MR) is 68.7 cm³/mol. The van der Waals surface area contributed by atoms with Crippen LogP contribution in [0.4, 0.5) is 0 Å². The van der Waals surface area contributed by atoms with E-state index in [1.54, 1.807) is 6.07 Å². The van der Waals surface area contributed by atoms with Crippen molar-refractivity contribution in [3.8, 4) is 5.75 Å². The number of benzene rings is 1. The molecule has 0 saturated carbocycles. The van der Waals surface area contributed by atoms with E-state index in [1.165, 1.54) is 0 Å². The maximum absolute atomic E-state index is 9.95. The largest absolute Gasteiger partial charge is 0.507 e. The van der Waals surface area contributed by atoms with Gasteiger partial charge in [0.1, 0.15) is 5.75 Å². The molecule has 1 heterocycles. The van der Waals surface area contributed by atoms with Crippen LogP contribution in [0.3, 0.4) is 0 Å². The monoisotopic (exact) mass is 262 g/mol. The van der Waals surface area contributed by atoms with E-state index in [2.05, 4.69) is 10.6 Å². The Balaban J connectivity index is 0.00000128. The lowest BCUT2D eigenvalue weighted by molar-refractivity contribution is 0.403. The van der Waals surface area contributed by atoms with Gasteiger partial charge in [0, 0.05) is 36.3 Å². The lowest BCUT2D eigenvalue weighted by Crippen LogP contribution is -2.42. The van der Waals surface area contributed by atoms with Gasteiger partial charge in [-0.25, -0.2) is 0 Å². The van der Waals surface area contributed by atoms with Crippen molar-refractivity contribution in [3.63, 3.8) is 0 Å². The highest BCUT2D eigenvalue weighted by Crippen LogP contribution is 2.31. The van der Waals surface area contributed by atoms with Gasteiger partial charge in [-0.05, 0) is 24.6 Å². The van der Waals surface area contributed by atoms with E-state index < -0.39 is 0 Å². The summed E-state index contributed by atoms with van der Waals surface area (Å²) in [6.45, 7) is 4.57. The molecule has 0 spiro atoms. The first-order valence-corrected chi connectivity index (χ1v) is 5.49. The van der Waals surface area contributed by atoms with Gasteiger partial charge in [0.2, 0.25) is 0 Å². The van der Waals surface area contributed by atoms with E-state index in [0.29, 0.717) is 10.8 Å². The normalized spacial score (nSPS) is 20.2. The quantitative estimate of drug-likeness (QED) is 0.726. The summed E-state index contributed by atoms with van der Waals surface area (Å²) in [5.74, 6) is 0.348. The van der Waals surface area contributed by atoms with Gasteiger partial charge in [-0.2, -0.15) is 0 Å². The van der Waals surface area contributed by atoms with Gasteiger partial charge in [0.15, 0.2) is 0 Å². The molecule has 0 amide bonds. The Morgan fingerprint density at radius 3 is 2.75 bits per heavy atom. The molecule has 0 radical (unpaired) electrons. The Hall–Kier alpha value is -0.480. The molecule has 1 aromatic rings. The Labute approximate surface area is 107 Å². The topological polar surface area (TPSA) is 44.3 Å². The highest BCUT2D eigenvalue weighted by molar-refractivity contribution is 6.30. The third-order valence-electron chi connectivity index (χ3n) is 2.71. The van der Waals surface area contributed by atoms with Crippen LogP contribution in [0, 0.1) is 6.92 Å². The minimum absolute atomic E-state index is 0. The molecule has 1 saturated heterocycles. The van der Waals surface area contributed by atoms with Crippen LogP contribution in [0.25, 0.3) is 0 Å². The van der Waals surface area contributed by atoms with Crippen LogP contribution < -0.4 is 10.6 Å². The molecule has 3 N–H and O–H groups in total. The SMILES string of the molecule is Cc1cc(Cl)cc([C@@H]2CNCCN2)c1O.Cl. The van der Waals surface area contributed by atoms with Crippen molar-refractivity contribution < 1.29 is 5.11 Å². The van der Waals surface area contributed by atoms with E-state index >= 15 is 0 Å². The number of phenolic OH excluding ortho intramolecular Hbond substituents is 1. The molecule has 1 aromatic carbocycles. The molecule has 0 aliphatic carbocycles. The number of piperazine rings is 1. The van der Waals surface area contributed by atoms with Crippen molar-refractivity contribution in [2.75, 3.05) is 19.6 Å². The van der Waals surface area contributed by atoms with Crippen molar-refractivity contribution >= 4 is 24.0 Å². The number of rotatable bonds is 1. The van der Waals surface area contributed by atoms with Gasteiger partial charge in [-0.1, -0.05) is 11.6 Å². The van der Waals surface area contributed by atoms with E-state index in [1.807, 2.05) is 13.0 Å².